The Labute approximate surface area is 93.6 Å². The van der Waals surface area contributed by atoms with Crippen LogP contribution in [0.25, 0.3) is 0 Å². The lowest BCUT2D eigenvalue weighted by atomic mass is 10.0. The van der Waals surface area contributed by atoms with E-state index in [1.54, 1.807) is 0 Å². The van der Waals surface area contributed by atoms with Gasteiger partial charge in [-0.1, -0.05) is 0 Å². The molecule has 2 atom stereocenters. The Morgan fingerprint density at radius 3 is 2.94 bits per heavy atom. The standard InChI is InChI=1S/C12H15F2NO/c1-8-6-10(4-5-16-8)15-12-7-9(13)2-3-11(12)14/h2-3,7-8,10,15H,4-6H2,1H3. The van der Waals surface area contributed by atoms with Crippen molar-refractivity contribution in [1.29, 1.82) is 0 Å². The summed E-state index contributed by atoms with van der Waals surface area (Å²) in [6.07, 6.45) is 1.80. The number of halogens is 2. The van der Waals surface area contributed by atoms with Gasteiger partial charge in [-0.3, -0.25) is 0 Å². The van der Waals surface area contributed by atoms with Crippen molar-refractivity contribution in [2.45, 2.75) is 31.9 Å². The minimum absolute atomic E-state index is 0.153. The topological polar surface area (TPSA) is 21.3 Å². The van der Waals surface area contributed by atoms with Crippen molar-refractivity contribution in [3.8, 4) is 0 Å². The van der Waals surface area contributed by atoms with Gasteiger partial charge in [-0.05, 0) is 38.0 Å². The van der Waals surface area contributed by atoms with Crippen LogP contribution in [0.5, 0.6) is 0 Å². The first-order valence-electron chi connectivity index (χ1n) is 5.48. The summed E-state index contributed by atoms with van der Waals surface area (Å²) < 4.78 is 31.7. The molecule has 1 aliphatic rings. The second kappa shape index (κ2) is 4.78. The normalized spacial score (nSPS) is 25.4. The molecule has 4 heteroatoms. The lowest BCUT2D eigenvalue weighted by Crippen LogP contribution is -2.32. The van der Waals surface area contributed by atoms with Crippen molar-refractivity contribution in [3.05, 3.63) is 29.8 Å². The van der Waals surface area contributed by atoms with Crippen molar-refractivity contribution >= 4 is 5.69 Å². The molecule has 0 amide bonds. The van der Waals surface area contributed by atoms with Gasteiger partial charge in [0.05, 0.1) is 11.8 Å². The van der Waals surface area contributed by atoms with E-state index in [-0.39, 0.29) is 17.8 Å². The Kier molecular flexibility index (Phi) is 3.39. The molecule has 16 heavy (non-hydrogen) atoms. The second-order valence-electron chi connectivity index (χ2n) is 4.17. The first-order valence-corrected chi connectivity index (χ1v) is 5.48. The van der Waals surface area contributed by atoms with E-state index in [1.807, 2.05) is 6.92 Å². The summed E-state index contributed by atoms with van der Waals surface area (Å²) in [5.74, 6) is -0.843. The van der Waals surface area contributed by atoms with Crippen LogP contribution in [0.15, 0.2) is 18.2 Å². The number of benzene rings is 1. The SMILES string of the molecule is CC1CC(Nc2cc(F)ccc2F)CCO1. The van der Waals surface area contributed by atoms with Crippen LogP contribution in [0.3, 0.4) is 0 Å². The first kappa shape index (κ1) is 11.3. The summed E-state index contributed by atoms with van der Waals surface area (Å²) in [5, 5.41) is 3.03. The Morgan fingerprint density at radius 1 is 1.38 bits per heavy atom. The van der Waals surface area contributed by atoms with Crippen molar-refractivity contribution in [2.24, 2.45) is 0 Å². The average Bonchev–Trinajstić information content (AvgIpc) is 2.24. The highest BCUT2D eigenvalue weighted by molar-refractivity contribution is 5.45. The van der Waals surface area contributed by atoms with Crippen LogP contribution in [0, 0.1) is 11.6 Å². The summed E-state index contributed by atoms with van der Waals surface area (Å²) in [6.45, 7) is 2.64. The van der Waals surface area contributed by atoms with E-state index in [1.165, 1.54) is 6.07 Å². The monoisotopic (exact) mass is 227 g/mol. The largest absolute Gasteiger partial charge is 0.380 e. The molecule has 1 saturated heterocycles. The molecule has 0 aliphatic carbocycles. The van der Waals surface area contributed by atoms with E-state index >= 15 is 0 Å². The van der Waals surface area contributed by atoms with Gasteiger partial charge in [0.1, 0.15) is 11.6 Å². The van der Waals surface area contributed by atoms with E-state index in [0.29, 0.717) is 6.61 Å². The van der Waals surface area contributed by atoms with Gasteiger partial charge in [0.2, 0.25) is 0 Å². The zero-order chi connectivity index (χ0) is 11.5. The smallest absolute Gasteiger partial charge is 0.146 e. The van der Waals surface area contributed by atoms with Gasteiger partial charge in [-0.2, -0.15) is 0 Å². The lowest BCUT2D eigenvalue weighted by Gasteiger charge is -2.28. The Bertz CT molecular complexity index is 370. The Balaban J connectivity index is 2.05. The molecule has 1 fully saturated rings. The van der Waals surface area contributed by atoms with Crippen LogP contribution < -0.4 is 5.32 Å². The summed E-state index contributed by atoms with van der Waals surface area (Å²) in [5.41, 5.74) is 0.235. The molecular formula is C12H15F2NO. The summed E-state index contributed by atoms with van der Waals surface area (Å²) >= 11 is 0. The molecule has 1 heterocycles. The van der Waals surface area contributed by atoms with Gasteiger partial charge in [0.15, 0.2) is 0 Å². The number of anilines is 1. The fourth-order valence-corrected chi connectivity index (χ4v) is 1.96. The predicted octanol–water partition coefficient (Wildman–Crippen LogP) is 2.94. The molecule has 0 aromatic heterocycles. The molecule has 2 unspecified atom stereocenters. The van der Waals surface area contributed by atoms with Gasteiger partial charge in [0, 0.05) is 12.6 Å². The molecule has 0 radical (unpaired) electrons. The van der Waals surface area contributed by atoms with E-state index in [0.717, 1.165) is 25.0 Å². The maximum absolute atomic E-state index is 13.4. The molecule has 1 aliphatic heterocycles. The maximum atomic E-state index is 13.4. The van der Waals surface area contributed by atoms with Crippen LogP contribution in [0.4, 0.5) is 14.5 Å². The molecule has 2 nitrogen and oxygen atoms in total. The number of ether oxygens (including phenoxy) is 1. The van der Waals surface area contributed by atoms with Gasteiger partial charge >= 0.3 is 0 Å². The fourth-order valence-electron chi connectivity index (χ4n) is 1.96. The van der Waals surface area contributed by atoms with Crippen LogP contribution in [0.2, 0.25) is 0 Å². The molecule has 1 aromatic rings. The third-order valence-electron chi connectivity index (χ3n) is 2.77. The second-order valence-corrected chi connectivity index (χ2v) is 4.17. The van der Waals surface area contributed by atoms with E-state index in [4.69, 9.17) is 4.74 Å². The lowest BCUT2D eigenvalue weighted by molar-refractivity contribution is 0.0232. The van der Waals surface area contributed by atoms with E-state index in [2.05, 4.69) is 5.32 Å². The van der Waals surface area contributed by atoms with Crippen LogP contribution in [-0.2, 0) is 4.74 Å². The average molecular weight is 227 g/mol. The minimum Gasteiger partial charge on any atom is -0.380 e. The highest BCUT2D eigenvalue weighted by Crippen LogP contribution is 2.21. The van der Waals surface area contributed by atoms with Crippen LogP contribution >= 0.6 is 0 Å². The molecule has 88 valence electrons. The molecule has 2 rings (SSSR count). The highest BCUT2D eigenvalue weighted by atomic mass is 19.1. The maximum Gasteiger partial charge on any atom is 0.146 e. The molecule has 0 bridgehead atoms. The summed E-state index contributed by atoms with van der Waals surface area (Å²) in [6, 6.07) is 3.60. The number of rotatable bonds is 2. The first-order chi connectivity index (χ1) is 7.65. The molecule has 0 spiro atoms. The van der Waals surface area contributed by atoms with Gasteiger partial charge < -0.3 is 10.1 Å². The zero-order valence-corrected chi connectivity index (χ0v) is 9.17. The zero-order valence-electron chi connectivity index (χ0n) is 9.17. The van der Waals surface area contributed by atoms with Crippen molar-refractivity contribution in [1.82, 2.24) is 0 Å². The quantitative estimate of drug-likeness (QED) is 0.838. The van der Waals surface area contributed by atoms with Gasteiger partial charge in [-0.15, -0.1) is 0 Å². The van der Waals surface area contributed by atoms with E-state index < -0.39 is 11.6 Å². The third kappa shape index (κ3) is 2.70. The summed E-state index contributed by atoms with van der Waals surface area (Å²) in [7, 11) is 0. The van der Waals surface area contributed by atoms with Crippen molar-refractivity contribution in [3.63, 3.8) is 0 Å². The van der Waals surface area contributed by atoms with Crippen LogP contribution in [-0.4, -0.2) is 18.8 Å². The molecule has 1 aromatic carbocycles. The van der Waals surface area contributed by atoms with Crippen molar-refractivity contribution < 1.29 is 13.5 Å². The fraction of sp³-hybridized carbons (Fsp3) is 0.500. The molecule has 1 N–H and O–H groups in total. The Morgan fingerprint density at radius 2 is 2.19 bits per heavy atom. The van der Waals surface area contributed by atoms with Crippen molar-refractivity contribution in [2.75, 3.05) is 11.9 Å². The number of hydrogen-bond acceptors (Lipinski definition) is 2. The minimum atomic E-state index is -0.427. The van der Waals surface area contributed by atoms with Gasteiger partial charge in [-0.25, -0.2) is 8.78 Å². The Hall–Kier alpha value is -1.16. The predicted molar refractivity (Wildman–Crippen MR) is 58.4 cm³/mol. The summed E-state index contributed by atoms with van der Waals surface area (Å²) in [4.78, 5) is 0. The van der Waals surface area contributed by atoms with Gasteiger partial charge in [0.25, 0.3) is 0 Å². The molecular weight excluding hydrogens is 212 g/mol. The highest BCUT2D eigenvalue weighted by Gasteiger charge is 2.20. The number of hydrogen-bond donors (Lipinski definition) is 1. The number of nitrogens with one attached hydrogen (secondary N) is 1. The third-order valence-corrected chi connectivity index (χ3v) is 2.77. The van der Waals surface area contributed by atoms with E-state index in [9.17, 15) is 8.78 Å². The molecule has 0 saturated carbocycles. The van der Waals surface area contributed by atoms with Crippen LogP contribution in [0.1, 0.15) is 19.8 Å².